The number of amides is 2. The summed E-state index contributed by atoms with van der Waals surface area (Å²) in [7, 11) is 0. The number of ether oxygens (including phenoxy) is 1. The third kappa shape index (κ3) is 4.72. The molecule has 1 aliphatic carbocycles. The number of nitrogens with zero attached hydrogens (tertiary/aromatic N) is 1. The Morgan fingerprint density at radius 2 is 2.00 bits per heavy atom. The molecule has 0 radical (unpaired) electrons. The Hall–Kier alpha value is -2.15. The maximum atomic E-state index is 12.5. The molecule has 1 aromatic rings. The Bertz CT molecular complexity index is 736. The molecule has 142 valence electrons. The van der Waals surface area contributed by atoms with Crippen molar-refractivity contribution in [3.63, 3.8) is 0 Å². The molecule has 6 nitrogen and oxygen atoms in total. The first-order chi connectivity index (χ1) is 12.3. The second-order valence-corrected chi connectivity index (χ2v) is 7.55. The highest BCUT2D eigenvalue weighted by Gasteiger charge is 2.24. The number of esters is 1. The highest BCUT2D eigenvalue weighted by Crippen LogP contribution is 2.33. The normalized spacial score (nSPS) is 13.8. The number of anilines is 1. The van der Waals surface area contributed by atoms with Gasteiger partial charge in [0.25, 0.3) is 5.91 Å². The van der Waals surface area contributed by atoms with Crippen LogP contribution < -0.4 is 5.32 Å². The van der Waals surface area contributed by atoms with Gasteiger partial charge in [-0.1, -0.05) is 6.08 Å². The van der Waals surface area contributed by atoms with Crippen LogP contribution in [-0.4, -0.2) is 35.8 Å². The van der Waals surface area contributed by atoms with Gasteiger partial charge in [-0.3, -0.25) is 9.59 Å². The van der Waals surface area contributed by atoms with Gasteiger partial charge in [0.05, 0.1) is 5.56 Å². The van der Waals surface area contributed by atoms with E-state index in [0.29, 0.717) is 17.1 Å². The fourth-order valence-electron chi connectivity index (χ4n) is 3.00. The predicted molar refractivity (Wildman–Crippen MR) is 102 cm³/mol. The molecule has 0 fully saturated rings. The second kappa shape index (κ2) is 8.98. The van der Waals surface area contributed by atoms with E-state index in [1.165, 1.54) is 18.3 Å². The van der Waals surface area contributed by atoms with Crippen molar-refractivity contribution in [2.24, 2.45) is 0 Å². The summed E-state index contributed by atoms with van der Waals surface area (Å²) >= 11 is 1.33. The van der Waals surface area contributed by atoms with Crippen molar-refractivity contribution in [3.05, 3.63) is 27.8 Å². The summed E-state index contributed by atoms with van der Waals surface area (Å²) in [5, 5.41) is 3.13. The van der Waals surface area contributed by atoms with Crippen LogP contribution in [0.3, 0.4) is 0 Å². The quantitative estimate of drug-likeness (QED) is 0.764. The van der Waals surface area contributed by atoms with E-state index in [2.05, 4.69) is 11.4 Å². The number of aryl methyl sites for hydroxylation is 1. The van der Waals surface area contributed by atoms with Crippen LogP contribution in [0.4, 0.5) is 5.00 Å². The van der Waals surface area contributed by atoms with Crippen LogP contribution in [0.25, 0.3) is 0 Å². The van der Waals surface area contributed by atoms with Gasteiger partial charge < -0.3 is 15.0 Å². The fraction of sp³-hybridized carbons (Fsp3) is 0.526. The summed E-state index contributed by atoms with van der Waals surface area (Å²) in [5.41, 5.74) is 2.11. The number of likely N-dealkylation sites (N-methyl/N-ethyl adjacent to an activating group) is 1. The van der Waals surface area contributed by atoms with Gasteiger partial charge in [-0.25, -0.2) is 4.79 Å². The van der Waals surface area contributed by atoms with Gasteiger partial charge in [-0.15, -0.1) is 11.3 Å². The maximum absolute atomic E-state index is 12.5. The molecule has 0 aliphatic heterocycles. The van der Waals surface area contributed by atoms with Crippen LogP contribution >= 0.6 is 11.3 Å². The number of allylic oxidation sites excluding steroid dienone is 2. The lowest BCUT2D eigenvalue weighted by Gasteiger charge is -2.26. The van der Waals surface area contributed by atoms with Crippen molar-refractivity contribution in [3.8, 4) is 0 Å². The molecule has 0 bridgehead atoms. The summed E-state index contributed by atoms with van der Waals surface area (Å²) in [6.07, 6.45) is 6.17. The average molecular weight is 378 g/mol. The number of hydrogen-bond donors (Lipinski definition) is 1. The zero-order valence-corrected chi connectivity index (χ0v) is 16.6. The van der Waals surface area contributed by atoms with Crippen molar-refractivity contribution in [2.75, 3.05) is 18.5 Å². The third-order valence-electron chi connectivity index (χ3n) is 4.44. The van der Waals surface area contributed by atoms with E-state index >= 15 is 0 Å². The van der Waals surface area contributed by atoms with Crippen molar-refractivity contribution < 1.29 is 19.1 Å². The van der Waals surface area contributed by atoms with E-state index in [1.54, 1.807) is 11.8 Å². The van der Waals surface area contributed by atoms with Gasteiger partial charge in [0.1, 0.15) is 5.00 Å². The lowest BCUT2D eigenvalue weighted by Crippen LogP contribution is -2.34. The largest absolute Gasteiger partial charge is 0.452 e. The Morgan fingerprint density at radius 3 is 2.58 bits per heavy atom. The van der Waals surface area contributed by atoms with Gasteiger partial charge in [0.2, 0.25) is 5.91 Å². The minimum Gasteiger partial charge on any atom is -0.452 e. The van der Waals surface area contributed by atoms with Crippen molar-refractivity contribution in [1.29, 1.82) is 0 Å². The molecule has 0 saturated heterocycles. The first-order valence-electron chi connectivity index (χ1n) is 8.89. The van der Waals surface area contributed by atoms with Crippen LogP contribution in [0.1, 0.15) is 60.3 Å². The van der Waals surface area contributed by atoms with E-state index in [9.17, 15) is 14.4 Å². The number of nitrogens with one attached hydrogen (secondary N) is 1. The zero-order valence-electron chi connectivity index (χ0n) is 15.8. The van der Waals surface area contributed by atoms with E-state index in [-0.39, 0.29) is 18.4 Å². The molecule has 0 aromatic carbocycles. The van der Waals surface area contributed by atoms with Crippen LogP contribution in [0.5, 0.6) is 0 Å². The number of hydrogen-bond acceptors (Lipinski definition) is 5. The van der Waals surface area contributed by atoms with Crippen molar-refractivity contribution in [2.45, 2.75) is 53.4 Å². The van der Waals surface area contributed by atoms with Gasteiger partial charge in [0.15, 0.2) is 6.61 Å². The van der Waals surface area contributed by atoms with Crippen LogP contribution in [0.15, 0.2) is 11.8 Å². The monoisotopic (exact) mass is 378 g/mol. The molecular weight excluding hydrogens is 352 g/mol. The van der Waals surface area contributed by atoms with Gasteiger partial charge >= 0.3 is 5.97 Å². The molecule has 1 aromatic heterocycles. The molecule has 0 saturated carbocycles. The SMILES string of the molecule is CCN(C(=O)COC(=O)c1c(NC(C)=O)sc(C)c1C)C1=CCCCC1. The molecule has 2 rings (SSSR count). The van der Waals surface area contributed by atoms with Crippen molar-refractivity contribution >= 4 is 34.1 Å². The molecular formula is C19H26N2O4S. The van der Waals surface area contributed by atoms with E-state index in [4.69, 9.17) is 4.74 Å². The lowest BCUT2D eigenvalue weighted by molar-refractivity contribution is -0.132. The van der Waals surface area contributed by atoms with Crippen LogP contribution in [0.2, 0.25) is 0 Å². The zero-order chi connectivity index (χ0) is 19.3. The van der Waals surface area contributed by atoms with Crippen LogP contribution in [0, 0.1) is 13.8 Å². The van der Waals surface area contributed by atoms with E-state index in [1.807, 2.05) is 13.8 Å². The fourth-order valence-corrected chi connectivity index (χ4v) is 4.10. The molecule has 1 aliphatic rings. The standard InChI is InChI=1S/C19H26N2O4S/c1-5-21(15-9-7-6-8-10-15)16(23)11-25-19(24)17-12(2)13(3)26-18(17)20-14(4)22/h9H,5-8,10-11H2,1-4H3,(H,20,22). The predicted octanol–water partition coefficient (Wildman–Crippen LogP) is 3.79. The molecule has 0 atom stereocenters. The Balaban J connectivity index is 2.07. The molecule has 0 spiro atoms. The molecule has 7 heteroatoms. The maximum Gasteiger partial charge on any atom is 0.341 e. The smallest absolute Gasteiger partial charge is 0.341 e. The molecule has 1 heterocycles. The third-order valence-corrected chi connectivity index (χ3v) is 5.56. The Kier molecular flexibility index (Phi) is 6.97. The number of carbonyl (C=O) groups excluding carboxylic acids is 3. The first kappa shape index (κ1) is 20.2. The highest BCUT2D eigenvalue weighted by molar-refractivity contribution is 7.16. The summed E-state index contributed by atoms with van der Waals surface area (Å²) < 4.78 is 5.28. The van der Waals surface area contributed by atoms with Gasteiger partial charge in [0, 0.05) is 24.0 Å². The first-order valence-corrected chi connectivity index (χ1v) is 9.70. The summed E-state index contributed by atoms with van der Waals surface area (Å²) in [5.74, 6) is -1.06. The Labute approximate surface area is 158 Å². The lowest BCUT2D eigenvalue weighted by atomic mass is 10.0. The number of rotatable bonds is 6. The van der Waals surface area contributed by atoms with Gasteiger partial charge in [-0.2, -0.15) is 0 Å². The minimum absolute atomic E-state index is 0.223. The summed E-state index contributed by atoms with van der Waals surface area (Å²) in [6, 6.07) is 0. The molecule has 0 unspecified atom stereocenters. The molecule has 26 heavy (non-hydrogen) atoms. The second-order valence-electron chi connectivity index (χ2n) is 6.32. The molecule has 1 N–H and O–H groups in total. The number of thiophene rings is 1. The highest BCUT2D eigenvalue weighted by atomic mass is 32.1. The van der Waals surface area contributed by atoms with Crippen LogP contribution in [-0.2, 0) is 14.3 Å². The van der Waals surface area contributed by atoms with Crippen molar-refractivity contribution in [1.82, 2.24) is 4.90 Å². The number of carbonyl (C=O) groups is 3. The van der Waals surface area contributed by atoms with E-state index < -0.39 is 5.97 Å². The average Bonchev–Trinajstić information content (AvgIpc) is 2.87. The summed E-state index contributed by atoms with van der Waals surface area (Å²) in [6.45, 7) is 7.23. The summed E-state index contributed by atoms with van der Waals surface area (Å²) in [4.78, 5) is 39.0. The molecule has 2 amide bonds. The van der Waals surface area contributed by atoms with Gasteiger partial charge in [-0.05, 0) is 52.0 Å². The van der Waals surface area contributed by atoms with E-state index in [0.717, 1.165) is 41.8 Å². The topological polar surface area (TPSA) is 75.7 Å². The Morgan fingerprint density at radius 1 is 1.27 bits per heavy atom. The minimum atomic E-state index is -0.586.